The van der Waals surface area contributed by atoms with E-state index in [1.165, 1.54) is 0 Å². The Hall–Kier alpha value is -5.43. The fourth-order valence-electron chi connectivity index (χ4n) is 6.30. The molecule has 0 amide bonds. The molecule has 5 atom stereocenters. The third kappa shape index (κ3) is 12.8. The average Bonchev–Trinajstić information content (AvgIpc) is 3.22. The molecule has 0 aliphatic heterocycles. The van der Waals surface area contributed by atoms with Gasteiger partial charge in [-0.3, -0.25) is 0 Å². The number of carbonyl (C=O) groups is 3. The number of para-hydroxylation sites is 3. The van der Waals surface area contributed by atoms with Crippen LogP contribution in [-0.4, -0.2) is 91.2 Å². The molecule has 0 fully saturated rings. The molecule has 0 saturated heterocycles. The molecule has 0 aliphatic carbocycles. The van der Waals surface area contributed by atoms with Gasteiger partial charge in [0.15, 0.2) is 0 Å². The Kier molecular flexibility index (Phi) is 18.3. The summed E-state index contributed by atoms with van der Waals surface area (Å²) in [7, 11) is 0. The molecule has 0 aromatic heterocycles. The highest BCUT2D eigenvalue weighted by Crippen LogP contribution is 2.49. The zero-order chi connectivity index (χ0) is 41.1. The van der Waals surface area contributed by atoms with E-state index >= 15 is 0 Å². The molecular weight excluding hydrogens is 720 g/mol. The third-order valence-corrected chi connectivity index (χ3v) is 8.99. The Morgan fingerprint density at radius 1 is 0.607 bits per heavy atom. The summed E-state index contributed by atoms with van der Waals surface area (Å²) in [6.45, 7) is 15.0. The van der Waals surface area contributed by atoms with Gasteiger partial charge in [-0.15, -0.1) is 0 Å². The van der Waals surface area contributed by atoms with Gasteiger partial charge in [0.2, 0.25) is 0 Å². The van der Waals surface area contributed by atoms with Crippen LogP contribution in [0, 0.1) is 0 Å². The van der Waals surface area contributed by atoms with Crippen LogP contribution in [0.3, 0.4) is 0 Å². The third-order valence-electron chi connectivity index (χ3n) is 8.99. The monoisotopic (exact) mass is 774 g/mol. The first-order chi connectivity index (χ1) is 26.9. The van der Waals surface area contributed by atoms with Crippen molar-refractivity contribution in [3.63, 3.8) is 0 Å². The van der Waals surface area contributed by atoms with Crippen molar-refractivity contribution in [1.82, 2.24) is 0 Å². The maximum absolute atomic E-state index is 11.8. The molecule has 12 heteroatoms. The van der Waals surface area contributed by atoms with Crippen molar-refractivity contribution in [3.8, 4) is 17.2 Å². The summed E-state index contributed by atoms with van der Waals surface area (Å²) >= 11 is 0. The van der Waals surface area contributed by atoms with Crippen LogP contribution in [0.15, 0.2) is 105 Å². The highest BCUT2D eigenvalue weighted by atomic mass is 16.6. The van der Waals surface area contributed by atoms with Crippen LogP contribution in [-0.2, 0) is 34.0 Å². The maximum Gasteiger partial charge on any atom is 0.330 e. The first-order valence-corrected chi connectivity index (χ1v) is 18.5. The molecule has 0 radical (unpaired) electrons. The SMILES string of the molecule is C=CC(=O)OCC(O)COc1ccccc1C(CC)c1cccc(C(C)(CCC)c2ccccc2OCC(O)COC(=O)C=C)c1OCC(O)COC(=O)C=C. The second kappa shape index (κ2) is 22.8. The number of aliphatic hydroxyl groups is 3. The number of benzene rings is 3. The van der Waals surface area contributed by atoms with Crippen LogP contribution in [0.5, 0.6) is 17.2 Å². The lowest BCUT2D eigenvalue weighted by atomic mass is 9.71. The number of carbonyl (C=O) groups excluding carboxylic acids is 3. The molecule has 5 unspecified atom stereocenters. The standard InChI is InChI=1S/C44H54O12/c1-7-23-44(6,36-19-13-15-22-39(36)52-25-31(46)27-54-41(49)10-4)37-20-16-18-35(43(37)56-29-32(47)28-55-42(50)11-5)33(8-2)34-17-12-14-21-38(34)51-24-30(45)26-53-40(48)9-3/h9-22,30-33,45-47H,3-5,7-8,23-29H2,1-2,6H3. The molecule has 3 N–H and O–H groups in total. The maximum atomic E-state index is 11.8. The van der Waals surface area contributed by atoms with Crippen LogP contribution in [0.4, 0.5) is 0 Å². The number of ether oxygens (including phenoxy) is 6. The van der Waals surface area contributed by atoms with E-state index in [1.54, 1.807) is 6.07 Å². The molecular formula is C44H54O12. The Morgan fingerprint density at radius 3 is 1.57 bits per heavy atom. The first kappa shape index (κ1) is 45.0. The molecule has 302 valence electrons. The Labute approximate surface area is 329 Å². The van der Waals surface area contributed by atoms with Gasteiger partial charge < -0.3 is 43.7 Å². The molecule has 3 aromatic rings. The van der Waals surface area contributed by atoms with Crippen molar-refractivity contribution in [2.24, 2.45) is 0 Å². The highest BCUT2D eigenvalue weighted by molar-refractivity contribution is 5.81. The fourth-order valence-corrected chi connectivity index (χ4v) is 6.30. The lowest BCUT2D eigenvalue weighted by Crippen LogP contribution is -2.30. The number of hydrogen-bond donors (Lipinski definition) is 3. The average molecular weight is 775 g/mol. The Balaban J connectivity index is 2.12. The molecule has 0 spiro atoms. The lowest BCUT2D eigenvalue weighted by molar-refractivity contribution is -0.142. The van der Waals surface area contributed by atoms with Gasteiger partial charge in [-0.2, -0.15) is 0 Å². The number of rotatable bonds is 25. The van der Waals surface area contributed by atoms with Gasteiger partial charge in [0.25, 0.3) is 0 Å². The molecule has 0 heterocycles. The van der Waals surface area contributed by atoms with Gasteiger partial charge in [-0.1, -0.05) is 102 Å². The van der Waals surface area contributed by atoms with Gasteiger partial charge in [-0.05, 0) is 25.0 Å². The van der Waals surface area contributed by atoms with Crippen LogP contribution >= 0.6 is 0 Å². The van der Waals surface area contributed by atoms with Crippen molar-refractivity contribution in [2.45, 2.75) is 69.7 Å². The van der Waals surface area contributed by atoms with E-state index in [9.17, 15) is 29.7 Å². The summed E-state index contributed by atoms with van der Waals surface area (Å²) in [5, 5.41) is 31.9. The lowest BCUT2D eigenvalue weighted by Gasteiger charge is -2.35. The van der Waals surface area contributed by atoms with E-state index in [-0.39, 0.29) is 45.6 Å². The molecule has 0 saturated carbocycles. The molecule has 3 rings (SSSR count). The van der Waals surface area contributed by atoms with E-state index in [0.717, 1.165) is 46.9 Å². The van der Waals surface area contributed by atoms with E-state index < -0.39 is 41.6 Å². The summed E-state index contributed by atoms with van der Waals surface area (Å²) in [4.78, 5) is 34.8. The molecule has 0 aliphatic rings. The number of hydrogen-bond acceptors (Lipinski definition) is 12. The van der Waals surface area contributed by atoms with Crippen molar-refractivity contribution >= 4 is 17.9 Å². The van der Waals surface area contributed by atoms with Crippen molar-refractivity contribution in [2.75, 3.05) is 39.6 Å². The second-order valence-electron chi connectivity index (χ2n) is 13.2. The minimum Gasteiger partial charge on any atom is -0.490 e. The number of esters is 3. The van der Waals surface area contributed by atoms with E-state index in [0.29, 0.717) is 30.1 Å². The first-order valence-electron chi connectivity index (χ1n) is 18.5. The minimum absolute atomic E-state index is 0.145. The summed E-state index contributed by atoms with van der Waals surface area (Å²) < 4.78 is 33.9. The Morgan fingerprint density at radius 2 is 1.05 bits per heavy atom. The summed E-state index contributed by atoms with van der Waals surface area (Å²) in [6, 6.07) is 20.8. The summed E-state index contributed by atoms with van der Waals surface area (Å²) in [5.41, 5.74) is 2.44. The highest BCUT2D eigenvalue weighted by Gasteiger charge is 2.36. The predicted octanol–water partition coefficient (Wildman–Crippen LogP) is 5.74. The van der Waals surface area contributed by atoms with Gasteiger partial charge >= 0.3 is 17.9 Å². The quantitative estimate of drug-likeness (QED) is 0.0544. The van der Waals surface area contributed by atoms with Crippen molar-refractivity contribution in [3.05, 3.63) is 127 Å². The van der Waals surface area contributed by atoms with Crippen LogP contribution in [0.1, 0.15) is 68.2 Å². The van der Waals surface area contributed by atoms with Gasteiger partial charge in [0.05, 0.1) is 0 Å². The fraction of sp³-hybridized carbons (Fsp3) is 0.386. The second-order valence-corrected chi connectivity index (χ2v) is 13.2. The van der Waals surface area contributed by atoms with Gasteiger partial charge in [-0.25, -0.2) is 14.4 Å². The van der Waals surface area contributed by atoms with E-state index in [2.05, 4.69) is 33.6 Å². The molecule has 0 bridgehead atoms. The van der Waals surface area contributed by atoms with E-state index in [1.807, 2.05) is 67.6 Å². The Bertz CT molecular complexity index is 1770. The van der Waals surface area contributed by atoms with Crippen LogP contribution in [0.25, 0.3) is 0 Å². The predicted molar refractivity (Wildman–Crippen MR) is 211 cm³/mol. The number of aliphatic hydroxyl groups excluding tert-OH is 3. The van der Waals surface area contributed by atoms with Crippen molar-refractivity contribution < 1.29 is 58.1 Å². The zero-order valence-electron chi connectivity index (χ0n) is 32.4. The summed E-state index contributed by atoms with van der Waals surface area (Å²) in [5.74, 6) is -0.768. The van der Waals surface area contributed by atoms with Crippen molar-refractivity contribution in [1.29, 1.82) is 0 Å². The van der Waals surface area contributed by atoms with Crippen LogP contribution < -0.4 is 14.2 Å². The molecule has 12 nitrogen and oxygen atoms in total. The summed E-state index contributed by atoms with van der Waals surface area (Å²) in [6.07, 6.45) is 1.68. The molecule has 56 heavy (non-hydrogen) atoms. The topological polar surface area (TPSA) is 167 Å². The van der Waals surface area contributed by atoms with Gasteiger partial charge in [0, 0.05) is 51.8 Å². The van der Waals surface area contributed by atoms with Gasteiger partial charge in [0.1, 0.15) is 75.2 Å². The molecule has 3 aromatic carbocycles. The van der Waals surface area contributed by atoms with Crippen LogP contribution in [0.2, 0.25) is 0 Å². The largest absolute Gasteiger partial charge is 0.490 e. The van der Waals surface area contributed by atoms with E-state index in [4.69, 9.17) is 28.4 Å². The normalized spacial score (nSPS) is 14.1. The minimum atomic E-state index is -1.17. The smallest absolute Gasteiger partial charge is 0.330 e. The zero-order valence-corrected chi connectivity index (χ0v) is 32.4.